The highest BCUT2D eigenvalue weighted by Crippen LogP contribution is 2.48. The first kappa shape index (κ1) is 37.3. The van der Waals surface area contributed by atoms with Gasteiger partial charge in [-0.05, 0) is 126 Å². The minimum Gasteiger partial charge on any atom is -0.455 e. The molecule has 0 saturated heterocycles. The first-order valence-corrected chi connectivity index (χ1v) is 21.9. The van der Waals surface area contributed by atoms with E-state index in [4.69, 9.17) is 4.42 Å². The van der Waals surface area contributed by atoms with Crippen molar-refractivity contribution in [1.82, 2.24) is 0 Å². The van der Waals surface area contributed by atoms with Crippen LogP contribution >= 0.6 is 0 Å². The Balaban J connectivity index is 1.18. The fourth-order valence-corrected chi connectivity index (χ4v) is 9.50. The molecule has 12 aromatic rings. The number of fused-ring (bicyclic) bond motifs is 6. The summed E-state index contributed by atoms with van der Waals surface area (Å²) in [5.41, 5.74) is 16.4. The van der Waals surface area contributed by atoms with E-state index >= 15 is 0 Å². The van der Waals surface area contributed by atoms with E-state index in [1.54, 1.807) is 0 Å². The first-order chi connectivity index (χ1) is 31.7. The number of hydrogen-bond donors (Lipinski definition) is 0. The number of nitrogens with zero attached hydrogens (tertiary/aromatic N) is 1. The summed E-state index contributed by atoms with van der Waals surface area (Å²) in [7, 11) is 0. The molecule has 0 saturated carbocycles. The molecule has 1 aromatic heterocycles. The van der Waals surface area contributed by atoms with Gasteiger partial charge in [0.25, 0.3) is 0 Å². The molecule has 2 heteroatoms. The van der Waals surface area contributed by atoms with E-state index < -0.39 is 0 Å². The second kappa shape index (κ2) is 15.8. The van der Waals surface area contributed by atoms with Crippen molar-refractivity contribution in [3.63, 3.8) is 0 Å². The molecule has 300 valence electrons. The SMILES string of the molecule is c1ccc(-c2ccc(N(c3ccc4ccccc4c3)c3cc(-c4cc(-c5ccccc5)cc(-c5ccccc5)c4)c4c(c3)oc3c5ccccc5c(-c5ccccc5)cc34)cc2)cc1. The standard InChI is InChI=1S/C62H41NO/c1-5-17-42(18-6-1)46-29-32-52(33-30-46)63(53-34-31-45-23-13-14-26-48(45)38-53)54-39-58(51-36-49(43-19-7-2-8-20-43)35-50(37-51)44-21-9-3-10-22-44)61-59-41-57(47-24-11-4-12-25-47)55-27-15-16-28-56(55)62(59)64-60(61)40-54/h1-41H. The largest absolute Gasteiger partial charge is 0.455 e. The van der Waals surface area contributed by atoms with Crippen LogP contribution in [0.2, 0.25) is 0 Å². The van der Waals surface area contributed by atoms with Crippen molar-refractivity contribution >= 4 is 60.5 Å². The maximum atomic E-state index is 7.23. The van der Waals surface area contributed by atoms with Gasteiger partial charge in [-0.2, -0.15) is 0 Å². The Kier molecular flexibility index (Phi) is 9.20. The second-order valence-electron chi connectivity index (χ2n) is 16.5. The van der Waals surface area contributed by atoms with Crippen LogP contribution in [0.25, 0.3) is 99.1 Å². The quantitative estimate of drug-likeness (QED) is 0.152. The van der Waals surface area contributed by atoms with Gasteiger partial charge in [-0.15, -0.1) is 0 Å². The van der Waals surface area contributed by atoms with Crippen LogP contribution in [0.3, 0.4) is 0 Å². The third kappa shape index (κ3) is 6.70. The van der Waals surface area contributed by atoms with E-state index in [-0.39, 0.29) is 0 Å². The first-order valence-electron chi connectivity index (χ1n) is 21.9. The van der Waals surface area contributed by atoms with Crippen molar-refractivity contribution < 1.29 is 4.42 Å². The molecule has 2 nitrogen and oxygen atoms in total. The number of hydrogen-bond acceptors (Lipinski definition) is 2. The van der Waals surface area contributed by atoms with Gasteiger partial charge in [-0.1, -0.05) is 188 Å². The summed E-state index contributed by atoms with van der Waals surface area (Å²) in [6, 6.07) is 89.7. The van der Waals surface area contributed by atoms with Gasteiger partial charge >= 0.3 is 0 Å². The van der Waals surface area contributed by atoms with Crippen molar-refractivity contribution in [2.75, 3.05) is 4.90 Å². The minimum atomic E-state index is 0.830. The Morgan fingerprint density at radius 1 is 0.266 bits per heavy atom. The normalized spacial score (nSPS) is 11.4. The zero-order chi connectivity index (χ0) is 42.4. The lowest BCUT2D eigenvalue weighted by atomic mass is 9.90. The number of anilines is 3. The Hall–Kier alpha value is -8.46. The third-order valence-corrected chi connectivity index (χ3v) is 12.6. The van der Waals surface area contributed by atoms with E-state index in [2.05, 4.69) is 254 Å². The van der Waals surface area contributed by atoms with Crippen molar-refractivity contribution in [3.05, 3.63) is 249 Å². The summed E-state index contributed by atoms with van der Waals surface area (Å²) in [5.74, 6) is 0. The van der Waals surface area contributed by atoms with Gasteiger partial charge in [0.1, 0.15) is 11.2 Å². The smallest absolute Gasteiger partial charge is 0.143 e. The Morgan fingerprint density at radius 3 is 1.41 bits per heavy atom. The third-order valence-electron chi connectivity index (χ3n) is 12.6. The van der Waals surface area contributed by atoms with E-state index in [1.165, 1.54) is 44.2 Å². The van der Waals surface area contributed by atoms with Crippen LogP contribution in [-0.2, 0) is 0 Å². The highest BCUT2D eigenvalue weighted by atomic mass is 16.3. The van der Waals surface area contributed by atoms with Gasteiger partial charge in [0, 0.05) is 33.6 Å². The Morgan fingerprint density at radius 2 is 0.766 bits per heavy atom. The average molecular weight is 816 g/mol. The molecule has 0 aliphatic carbocycles. The lowest BCUT2D eigenvalue weighted by Gasteiger charge is -2.27. The van der Waals surface area contributed by atoms with E-state index in [1.807, 2.05) is 0 Å². The molecule has 0 aliphatic rings. The predicted molar refractivity (Wildman–Crippen MR) is 271 cm³/mol. The zero-order valence-electron chi connectivity index (χ0n) is 35.0. The van der Waals surface area contributed by atoms with Crippen molar-refractivity contribution in [3.8, 4) is 55.6 Å². The summed E-state index contributed by atoms with van der Waals surface area (Å²) in [4.78, 5) is 2.38. The van der Waals surface area contributed by atoms with Crippen LogP contribution in [0.1, 0.15) is 0 Å². The molecule has 12 rings (SSSR count). The molecule has 0 aliphatic heterocycles. The molecule has 0 fully saturated rings. The van der Waals surface area contributed by atoms with Crippen molar-refractivity contribution in [2.24, 2.45) is 0 Å². The van der Waals surface area contributed by atoms with Crippen molar-refractivity contribution in [2.45, 2.75) is 0 Å². The molecule has 0 N–H and O–H groups in total. The summed E-state index contributed by atoms with van der Waals surface area (Å²) >= 11 is 0. The number of rotatable bonds is 8. The van der Waals surface area contributed by atoms with Gasteiger partial charge in [-0.25, -0.2) is 0 Å². The van der Waals surface area contributed by atoms with E-state index in [0.29, 0.717) is 0 Å². The van der Waals surface area contributed by atoms with Gasteiger partial charge in [0.15, 0.2) is 0 Å². The monoisotopic (exact) mass is 815 g/mol. The van der Waals surface area contributed by atoms with Crippen molar-refractivity contribution in [1.29, 1.82) is 0 Å². The van der Waals surface area contributed by atoms with Crippen LogP contribution in [0, 0.1) is 0 Å². The molecule has 0 radical (unpaired) electrons. The molecule has 0 spiro atoms. The predicted octanol–water partition coefficient (Wildman–Crippen LogP) is 17.7. The Labute approximate surface area is 372 Å². The van der Waals surface area contributed by atoms with E-state index in [9.17, 15) is 0 Å². The molecular weight excluding hydrogens is 775 g/mol. The van der Waals surface area contributed by atoms with Crippen LogP contribution in [0.4, 0.5) is 17.1 Å². The van der Waals surface area contributed by atoms with Crippen LogP contribution in [0.15, 0.2) is 253 Å². The summed E-state index contributed by atoms with van der Waals surface area (Å²) in [6.45, 7) is 0. The van der Waals surface area contributed by atoms with Gasteiger partial charge in [-0.3, -0.25) is 0 Å². The summed E-state index contributed by atoms with van der Waals surface area (Å²) < 4.78 is 7.23. The second-order valence-corrected chi connectivity index (χ2v) is 16.5. The molecule has 11 aromatic carbocycles. The lowest BCUT2D eigenvalue weighted by Crippen LogP contribution is -2.10. The minimum absolute atomic E-state index is 0.830. The molecule has 0 atom stereocenters. The number of benzene rings is 11. The summed E-state index contributed by atoms with van der Waals surface area (Å²) in [5, 5.41) is 6.81. The lowest BCUT2D eigenvalue weighted by molar-refractivity contribution is 0.673. The van der Waals surface area contributed by atoms with Gasteiger partial charge in [0.2, 0.25) is 0 Å². The highest BCUT2D eigenvalue weighted by molar-refractivity contribution is 6.23. The topological polar surface area (TPSA) is 16.4 Å². The van der Waals surface area contributed by atoms with Gasteiger partial charge in [0.05, 0.1) is 5.69 Å². The molecule has 1 heterocycles. The van der Waals surface area contributed by atoms with E-state index in [0.717, 1.165) is 72.0 Å². The maximum absolute atomic E-state index is 7.23. The van der Waals surface area contributed by atoms with Gasteiger partial charge < -0.3 is 9.32 Å². The number of furan rings is 1. The molecule has 0 unspecified atom stereocenters. The maximum Gasteiger partial charge on any atom is 0.143 e. The van der Waals surface area contributed by atoms with Crippen LogP contribution in [0.5, 0.6) is 0 Å². The highest BCUT2D eigenvalue weighted by Gasteiger charge is 2.23. The molecular formula is C62H41NO. The fourth-order valence-electron chi connectivity index (χ4n) is 9.50. The Bertz CT molecular complexity index is 3570. The average Bonchev–Trinajstić information content (AvgIpc) is 3.76. The fraction of sp³-hybridized carbons (Fsp3) is 0. The molecule has 64 heavy (non-hydrogen) atoms. The molecule has 0 amide bonds. The zero-order valence-corrected chi connectivity index (χ0v) is 35.0. The van der Waals surface area contributed by atoms with Crippen LogP contribution < -0.4 is 4.90 Å². The van der Waals surface area contributed by atoms with Crippen LogP contribution in [-0.4, -0.2) is 0 Å². The molecule has 0 bridgehead atoms. The summed E-state index contributed by atoms with van der Waals surface area (Å²) in [6.07, 6.45) is 0.